The van der Waals surface area contributed by atoms with Crippen molar-refractivity contribution in [2.24, 2.45) is 0 Å². The maximum Gasteiger partial charge on any atom is 0.409 e. The molecule has 0 aliphatic carbocycles. The van der Waals surface area contributed by atoms with Crippen molar-refractivity contribution in [3.05, 3.63) is 35.5 Å². The summed E-state index contributed by atoms with van der Waals surface area (Å²) in [5.41, 5.74) is 0.470. The van der Waals surface area contributed by atoms with Crippen LogP contribution in [0.4, 0.5) is 4.79 Å². The third-order valence-electron chi connectivity index (χ3n) is 6.29. The number of aromatic nitrogens is 1. The van der Waals surface area contributed by atoms with Crippen molar-refractivity contribution >= 4 is 40.7 Å². The van der Waals surface area contributed by atoms with Gasteiger partial charge in [0.25, 0.3) is 5.91 Å². The Labute approximate surface area is 244 Å². The van der Waals surface area contributed by atoms with Crippen LogP contribution in [0.1, 0.15) is 56.6 Å². The average Bonchev–Trinajstić information content (AvgIpc) is 2.92. The number of piperazine rings is 1. The molecule has 1 unspecified atom stereocenters. The number of ether oxygens (including phenoxy) is 3. The van der Waals surface area contributed by atoms with Gasteiger partial charge < -0.3 is 34.4 Å². The number of carboxylic acids is 1. The van der Waals surface area contributed by atoms with E-state index in [1.54, 1.807) is 39.8 Å². The van der Waals surface area contributed by atoms with Gasteiger partial charge in [0.2, 0.25) is 5.91 Å². The number of rotatable bonds is 10. The van der Waals surface area contributed by atoms with E-state index in [4.69, 9.17) is 19.3 Å². The normalized spacial score (nSPS) is 14.2. The smallest absolute Gasteiger partial charge is 0.409 e. The molecule has 2 N–H and O–H groups in total. The second-order valence-electron chi connectivity index (χ2n) is 10.9. The lowest BCUT2D eigenvalue weighted by Gasteiger charge is -2.36. The minimum absolute atomic E-state index is 0.0351. The fourth-order valence-electron chi connectivity index (χ4n) is 4.37. The van der Waals surface area contributed by atoms with Crippen LogP contribution in [0.5, 0.6) is 5.75 Å². The molecule has 1 fully saturated rings. The molecule has 42 heavy (non-hydrogen) atoms. The number of nitrogens with zero attached hydrogens (tertiary/aromatic N) is 3. The number of pyridine rings is 1. The maximum atomic E-state index is 13.6. The molecule has 1 saturated heterocycles. The third kappa shape index (κ3) is 9.05. The number of nitrogens with one attached hydrogen (secondary N) is 1. The van der Waals surface area contributed by atoms with Crippen LogP contribution < -0.4 is 10.1 Å². The van der Waals surface area contributed by atoms with E-state index in [1.807, 2.05) is 13.0 Å². The van der Waals surface area contributed by atoms with Crippen LogP contribution in [0.2, 0.25) is 0 Å². The molecule has 2 aromatic rings. The van der Waals surface area contributed by atoms with Crippen molar-refractivity contribution in [1.82, 2.24) is 20.1 Å². The number of amides is 3. The summed E-state index contributed by atoms with van der Waals surface area (Å²) in [7, 11) is 0. The lowest BCUT2D eigenvalue weighted by Crippen LogP contribution is -2.56. The summed E-state index contributed by atoms with van der Waals surface area (Å²) < 4.78 is 15.8. The van der Waals surface area contributed by atoms with Gasteiger partial charge in [-0.1, -0.05) is 6.07 Å². The number of carbonyl (C=O) groups is 5. The maximum absolute atomic E-state index is 13.6. The highest BCUT2D eigenvalue weighted by molar-refractivity contribution is 5.99. The van der Waals surface area contributed by atoms with Crippen molar-refractivity contribution < 1.29 is 43.3 Å². The Balaban J connectivity index is 1.83. The predicted octanol–water partition coefficient (Wildman–Crippen LogP) is 2.53. The first-order chi connectivity index (χ1) is 19.8. The quantitative estimate of drug-likeness (QED) is 0.395. The Bertz CT molecular complexity index is 1330. The van der Waals surface area contributed by atoms with Gasteiger partial charge in [-0.3, -0.25) is 14.4 Å². The summed E-state index contributed by atoms with van der Waals surface area (Å²) in [6, 6.07) is 5.49. The van der Waals surface area contributed by atoms with Crippen molar-refractivity contribution in [1.29, 1.82) is 0 Å². The summed E-state index contributed by atoms with van der Waals surface area (Å²) in [5, 5.41) is 12.3. The number of hydrogen-bond donors (Lipinski definition) is 2. The summed E-state index contributed by atoms with van der Waals surface area (Å²) in [6.45, 7) is 9.32. The number of carbonyl (C=O) groups excluding carboxylic acids is 4. The summed E-state index contributed by atoms with van der Waals surface area (Å²) in [6.07, 6.45) is -0.626. The molecule has 3 amide bonds. The lowest BCUT2D eigenvalue weighted by molar-refractivity contribution is -0.155. The van der Waals surface area contributed by atoms with Crippen molar-refractivity contribution in [3.63, 3.8) is 0 Å². The van der Waals surface area contributed by atoms with Crippen LogP contribution in [0.15, 0.2) is 24.3 Å². The van der Waals surface area contributed by atoms with Crippen LogP contribution in [-0.2, 0) is 23.9 Å². The first-order valence-corrected chi connectivity index (χ1v) is 13.8. The zero-order chi connectivity index (χ0) is 31.0. The number of esters is 1. The Morgan fingerprint density at radius 1 is 1.05 bits per heavy atom. The van der Waals surface area contributed by atoms with Crippen LogP contribution in [0, 0.1) is 6.92 Å². The monoisotopic (exact) mass is 586 g/mol. The second kappa shape index (κ2) is 14.0. The third-order valence-corrected chi connectivity index (χ3v) is 6.29. The van der Waals surface area contributed by atoms with Crippen molar-refractivity contribution in [2.45, 2.75) is 59.1 Å². The molecule has 1 aliphatic heterocycles. The minimum atomic E-state index is -1.19. The molecular weight excluding hydrogens is 548 g/mol. The number of aryl methyl sites for hydroxylation is 1. The van der Waals surface area contributed by atoms with Crippen LogP contribution in [0.3, 0.4) is 0 Å². The number of fused-ring (bicyclic) bond motifs is 1. The predicted molar refractivity (Wildman–Crippen MR) is 151 cm³/mol. The first kappa shape index (κ1) is 32.1. The Kier molecular flexibility index (Phi) is 10.7. The lowest BCUT2D eigenvalue weighted by atomic mass is 10.1. The van der Waals surface area contributed by atoms with Gasteiger partial charge in [-0.2, -0.15) is 0 Å². The summed E-state index contributed by atoms with van der Waals surface area (Å²) >= 11 is 0. The number of hydrogen-bond acceptors (Lipinski definition) is 9. The Hall–Kier alpha value is -4.42. The van der Waals surface area contributed by atoms with Crippen molar-refractivity contribution in [2.75, 3.05) is 39.4 Å². The second-order valence-corrected chi connectivity index (χ2v) is 10.9. The van der Waals surface area contributed by atoms with Gasteiger partial charge in [0.1, 0.15) is 23.1 Å². The van der Waals surface area contributed by atoms with Gasteiger partial charge in [0.05, 0.1) is 12.1 Å². The fourth-order valence-corrected chi connectivity index (χ4v) is 4.37. The van der Waals surface area contributed by atoms with Crippen LogP contribution in [-0.4, -0.2) is 101 Å². The van der Waals surface area contributed by atoms with E-state index in [9.17, 15) is 24.0 Å². The zero-order valence-corrected chi connectivity index (χ0v) is 24.6. The highest BCUT2D eigenvalue weighted by Crippen LogP contribution is 2.27. The van der Waals surface area contributed by atoms with Crippen LogP contribution in [0.25, 0.3) is 10.9 Å². The van der Waals surface area contributed by atoms with Crippen molar-refractivity contribution in [3.8, 4) is 5.75 Å². The molecule has 1 atom stereocenters. The molecule has 13 heteroatoms. The van der Waals surface area contributed by atoms with E-state index in [-0.39, 0.29) is 57.1 Å². The largest absolute Gasteiger partial charge is 0.481 e. The first-order valence-electron chi connectivity index (χ1n) is 13.8. The topological polar surface area (TPSA) is 165 Å². The van der Waals surface area contributed by atoms with Crippen LogP contribution >= 0.6 is 0 Å². The molecule has 1 aromatic carbocycles. The molecule has 13 nitrogen and oxygen atoms in total. The highest BCUT2D eigenvalue weighted by Gasteiger charge is 2.32. The molecule has 0 saturated carbocycles. The molecule has 0 spiro atoms. The highest BCUT2D eigenvalue weighted by atomic mass is 16.6. The van der Waals surface area contributed by atoms with E-state index in [2.05, 4.69) is 10.3 Å². The van der Waals surface area contributed by atoms with Gasteiger partial charge in [-0.15, -0.1) is 0 Å². The number of aliphatic carboxylic acids is 1. The average molecular weight is 587 g/mol. The number of carboxylic acid groups (broad SMARTS) is 1. The zero-order valence-electron chi connectivity index (χ0n) is 24.6. The molecule has 0 bridgehead atoms. The van der Waals surface area contributed by atoms with Gasteiger partial charge >= 0.3 is 18.0 Å². The Morgan fingerprint density at radius 3 is 2.33 bits per heavy atom. The standard InChI is InChI=1S/C29H38N4O9/c1-6-40-28(39)33-13-11-32(12-14-33)27(38)20(9-10-25(36)42-29(3,4)5)31-26(37)22-16-23(41-17-24(34)35)19-8-7-18(2)15-21(19)30-22/h7-8,15-16,20H,6,9-14,17H2,1-5H3,(H,31,37)(H,34,35). The van der Waals surface area contributed by atoms with E-state index in [0.717, 1.165) is 5.56 Å². The van der Waals surface area contributed by atoms with E-state index >= 15 is 0 Å². The van der Waals surface area contributed by atoms with E-state index in [1.165, 1.54) is 15.9 Å². The minimum Gasteiger partial charge on any atom is -0.481 e. The van der Waals surface area contributed by atoms with E-state index < -0.39 is 48.1 Å². The summed E-state index contributed by atoms with van der Waals surface area (Å²) in [5.74, 6) is -2.68. The molecule has 228 valence electrons. The number of benzene rings is 1. The SMILES string of the molecule is CCOC(=O)N1CCN(C(=O)C(CCC(=O)OC(C)(C)C)NC(=O)c2cc(OCC(=O)O)c3ccc(C)cc3n2)CC1. The van der Waals surface area contributed by atoms with Gasteiger partial charge in [-0.25, -0.2) is 14.6 Å². The molecule has 1 aromatic heterocycles. The van der Waals surface area contributed by atoms with Gasteiger partial charge in [0, 0.05) is 44.1 Å². The fraction of sp³-hybridized carbons (Fsp3) is 0.517. The molecule has 2 heterocycles. The summed E-state index contributed by atoms with van der Waals surface area (Å²) in [4.78, 5) is 70.1. The van der Waals surface area contributed by atoms with Gasteiger partial charge in [0.15, 0.2) is 6.61 Å². The molecule has 0 radical (unpaired) electrons. The van der Waals surface area contributed by atoms with E-state index in [0.29, 0.717) is 10.9 Å². The molecule has 3 rings (SSSR count). The molecular formula is C29H38N4O9. The Morgan fingerprint density at radius 2 is 1.71 bits per heavy atom. The van der Waals surface area contributed by atoms with Gasteiger partial charge in [-0.05, 0) is 58.7 Å². The molecule has 1 aliphatic rings.